The molecule has 0 saturated heterocycles. The number of hydrogen-bond donors (Lipinski definition) is 2. The molecule has 0 amide bonds. The van der Waals surface area contributed by atoms with E-state index in [1.165, 1.54) is 0 Å². The molecule has 0 heterocycles. The molecule has 1 rings (SSSR count). The number of aliphatic carboxylic acids is 1. The van der Waals surface area contributed by atoms with Crippen LogP contribution < -0.4 is 10.5 Å². The number of carboxylic acids is 1. The lowest BCUT2D eigenvalue weighted by molar-refractivity contribution is -0.360. The second-order valence-electron chi connectivity index (χ2n) is 3.91. The standard InChI is InChI=1S/C11H10F5NO3/c12-10(13,14)11(15,16)20-7-3-1-6(2-4-7)5-8(17)9(18)19/h1-4,8H,5,17H2,(H,18,19). The SMILES string of the molecule is NC(Cc1ccc(OC(F)(F)C(F)(F)F)cc1)C(=O)O. The zero-order valence-corrected chi connectivity index (χ0v) is 9.82. The Morgan fingerprint density at radius 2 is 1.70 bits per heavy atom. The molecule has 0 aliphatic rings. The maximum absolute atomic E-state index is 12.6. The van der Waals surface area contributed by atoms with Crippen molar-refractivity contribution >= 4 is 5.97 Å². The van der Waals surface area contributed by atoms with Gasteiger partial charge in [0.05, 0.1) is 0 Å². The Labute approximate surface area is 109 Å². The molecular weight excluding hydrogens is 289 g/mol. The molecule has 0 radical (unpaired) electrons. The number of halogens is 5. The van der Waals surface area contributed by atoms with Crippen LogP contribution in [0.15, 0.2) is 24.3 Å². The minimum absolute atomic E-state index is 0.0920. The summed E-state index contributed by atoms with van der Waals surface area (Å²) >= 11 is 0. The number of nitrogens with two attached hydrogens (primary N) is 1. The fourth-order valence-corrected chi connectivity index (χ4v) is 1.24. The van der Waals surface area contributed by atoms with Crippen LogP contribution in [0.5, 0.6) is 5.75 Å². The summed E-state index contributed by atoms with van der Waals surface area (Å²) in [6, 6.07) is 2.88. The van der Waals surface area contributed by atoms with E-state index in [0.29, 0.717) is 5.56 Å². The number of benzene rings is 1. The molecule has 4 nitrogen and oxygen atoms in total. The average Bonchev–Trinajstić information content (AvgIpc) is 2.29. The van der Waals surface area contributed by atoms with Gasteiger partial charge in [-0.05, 0) is 24.1 Å². The van der Waals surface area contributed by atoms with Crippen molar-refractivity contribution in [2.45, 2.75) is 24.7 Å². The van der Waals surface area contributed by atoms with Crippen molar-refractivity contribution in [1.82, 2.24) is 0 Å². The first-order valence-corrected chi connectivity index (χ1v) is 5.24. The van der Waals surface area contributed by atoms with Crippen molar-refractivity contribution in [2.24, 2.45) is 5.73 Å². The highest BCUT2D eigenvalue weighted by Crippen LogP contribution is 2.37. The fraction of sp³-hybridized carbons (Fsp3) is 0.364. The van der Waals surface area contributed by atoms with E-state index in [4.69, 9.17) is 10.8 Å². The topological polar surface area (TPSA) is 72.5 Å². The van der Waals surface area contributed by atoms with Crippen LogP contribution in [0.25, 0.3) is 0 Å². The monoisotopic (exact) mass is 299 g/mol. The molecule has 20 heavy (non-hydrogen) atoms. The Hall–Kier alpha value is -1.90. The molecule has 0 spiro atoms. The van der Waals surface area contributed by atoms with Crippen molar-refractivity contribution in [3.63, 3.8) is 0 Å². The van der Waals surface area contributed by atoms with Crippen molar-refractivity contribution in [3.8, 4) is 5.75 Å². The summed E-state index contributed by atoms with van der Waals surface area (Å²) in [5.74, 6) is -1.95. The molecule has 0 aliphatic heterocycles. The summed E-state index contributed by atoms with van der Waals surface area (Å²) < 4.78 is 64.5. The Morgan fingerprint density at radius 3 is 2.10 bits per heavy atom. The first kappa shape index (κ1) is 16.2. The van der Waals surface area contributed by atoms with Crippen LogP contribution in [0.4, 0.5) is 22.0 Å². The quantitative estimate of drug-likeness (QED) is 0.817. The number of carbonyl (C=O) groups is 1. The molecule has 1 aromatic carbocycles. The molecule has 0 aliphatic carbocycles. The number of ether oxygens (including phenoxy) is 1. The summed E-state index contributed by atoms with van der Waals surface area (Å²) in [6.45, 7) is 0. The van der Waals surface area contributed by atoms with E-state index in [9.17, 15) is 26.7 Å². The number of rotatable bonds is 5. The van der Waals surface area contributed by atoms with Crippen LogP contribution >= 0.6 is 0 Å². The van der Waals surface area contributed by atoms with E-state index < -0.39 is 30.0 Å². The van der Waals surface area contributed by atoms with E-state index in [-0.39, 0.29) is 6.42 Å². The van der Waals surface area contributed by atoms with Gasteiger partial charge in [-0.2, -0.15) is 22.0 Å². The number of carboxylic acid groups (broad SMARTS) is 1. The van der Waals surface area contributed by atoms with Crippen molar-refractivity contribution in [1.29, 1.82) is 0 Å². The first-order chi connectivity index (χ1) is 9.03. The van der Waals surface area contributed by atoms with Crippen LogP contribution in [0.2, 0.25) is 0 Å². The van der Waals surface area contributed by atoms with Gasteiger partial charge in [0.15, 0.2) is 0 Å². The Bertz CT molecular complexity index is 472. The maximum atomic E-state index is 12.6. The van der Waals surface area contributed by atoms with E-state index in [1.54, 1.807) is 0 Å². The number of alkyl halides is 5. The minimum atomic E-state index is -5.82. The van der Waals surface area contributed by atoms with Gasteiger partial charge in [0.25, 0.3) is 0 Å². The predicted octanol–water partition coefficient (Wildman–Crippen LogP) is 2.17. The lowest BCUT2D eigenvalue weighted by Gasteiger charge is -2.20. The molecule has 0 bridgehead atoms. The van der Waals surface area contributed by atoms with Gasteiger partial charge in [-0.1, -0.05) is 12.1 Å². The van der Waals surface area contributed by atoms with Gasteiger partial charge < -0.3 is 15.6 Å². The van der Waals surface area contributed by atoms with Crippen LogP contribution in [-0.4, -0.2) is 29.4 Å². The molecular formula is C11H10F5NO3. The molecule has 1 aromatic rings. The van der Waals surface area contributed by atoms with Crippen LogP contribution in [-0.2, 0) is 11.2 Å². The average molecular weight is 299 g/mol. The van der Waals surface area contributed by atoms with Gasteiger partial charge in [0, 0.05) is 0 Å². The van der Waals surface area contributed by atoms with E-state index in [1.807, 2.05) is 0 Å². The Morgan fingerprint density at radius 1 is 1.20 bits per heavy atom. The Kier molecular flexibility index (Phi) is 4.53. The van der Waals surface area contributed by atoms with Gasteiger partial charge in [-0.25, -0.2) is 0 Å². The lowest BCUT2D eigenvalue weighted by Crippen LogP contribution is -2.41. The van der Waals surface area contributed by atoms with Gasteiger partial charge in [0.2, 0.25) is 0 Å². The van der Waals surface area contributed by atoms with Crippen LogP contribution in [0.3, 0.4) is 0 Å². The highest BCUT2D eigenvalue weighted by atomic mass is 19.4. The number of hydrogen-bond acceptors (Lipinski definition) is 3. The molecule has 112 valence electrons. The second-order valence-corrected chi connectivity index (χ2v) is 3.91. The zero-order chi connectivity index (χ0) is 15.6. The fourth-order valence-electron chi connectivity index (χ4n) is 1.24. The van der Waals surface area contributed by atoms with Crippen LogP contribution in [0, 0.1) is 0 Å². The van der Waals surface area contributed by atoms with Gasteiger partial charge in [-0.15, -0.1) is 0 Å². The van der Waals surface area contributed by atoms with Crippen molar-refractivity contribution in [2.75, 3.05) is 0 Å². The van der Waals surface area contributed by atoms with Crippen LogP contribution in [0.1, 0.15) is 5.56 Å². The minimum Gasteiger partial charge on any atom is -0.480 e. The third-order valence-corrected chi connectivity index (χ3v) is 2.27. The smallest absolute Gasteiger partial charge is 0.480 e. The summed E-state index contributed by atoms with van der Waals surface area (Å²) in [6.07, 6.45) is -11.2. The largest absolute Gasteiger partial charge is 0.499 e. The third kappa shape index (κ3) is 4.05. The lowest BCUT2D eigenvalue weighted by atomic mass is 10.1. The normalized spacial score (nSPS) is 13.9. The van der Waals surface area contributed by atoms with Gasteiger partial charge in [-0.3, -0.25) is 4.79 Å². The van der Waals surface area contributed by atoms with Crippen molar-refractivity contribution in [3.05, 3.63) is 29.8 Å². The second kappa shape index (κ2) is 5.61. The molecule has 0 saturated carbocycles. The maximum Gasteiger partial charge on any atom is 0.499 e. The predicted molar refractivity (Wildman–Crippen MR) is 57.4 cm³/mol. The zero-order valence-electron chi connectivity index (χ0n) is 9.82. The molecule has 0 fully saturated rings. The highest BCUT2D eigenvalue weighted by Gasteiger charge is 2.61. The first-order valence-electron chi connectivity index (χ1n) is 5.24. The summed E-state index contributed by atoms with van der Waals surface area (Å²) in [7, 11) is 0. The molecule has 1 unspecified atom stereocenters. The molecule has 3 N–H and O–H groups in total. The molecule has 9 heteroatoms. The highest BCUT2D eigenvalue weighted by molar-refractivity contribution is 5.73. The molecule has 0 aromatic heterocycles. The third-order valence-electron chi connectivity index (χ3n) is 2.27. The van der Waals surface area contributed by atoms with Crippen molar-refractivity contribution < 1.29 is 36.6 Å². The Balaban J connectivity index is 2.75. The van der Waals surface area contributed by atoms with Gasteiger partial charge >= 0.3 is 18.3 Å². The molecule has 1 atom stereocenters. The van der Waals surface area contributed by atoms with E-state index >= 15 is 0 Å². The summed E-state index contributed by atoms with van der Waals surface area (Å²) in [5, 5.41) is 8.57. The van der Waals surface area contributed by atoms with E-state index in [0.717, 1.165) is 24.3 Å². The summed E-state index contributed by atoms with van der Waals surface area (Å²) in [5.41, 5.74) is 5.61. The summed E-state index contributed by atoms with van der Waals surface area (Å²) in [4.78, 5) is 10.5. The van der Waals surface area contributed by atoms with Gasteiger partial charge in [0.1, 0.15) is 11.8 Å². The van der Waals surface area contributed by atoms with E-state index in [2.05, 4.69) is 4.74 Å².